The third-order valence-electron chi connectivity index (χ3n) is 3.96. The van der Waals surface area contributed by atoms with Crippen molar-refractivity contribution in [2.75, 3.05) is 13.1 Å². The van der Waals surface area contributed by atoms with Crippen LogP contribution in [0.2, 0.25) is 0 Å². The molecule has 18 heavy (non-hydrogen) atoms. The maximum atomic E-state index is 10.6. The van der Waals surface area contributed by atoms with E-state index in [2.05, 4.69) is 43.0 Å². The van der Waals surface area contributed by atoms with Crippen LogP contribution in [-0.4, -0.2) is 34.6 Å². The maximum absolute atomic E-state index is 10.6. The standard InChI is InChI=1S/C15H21NO2/c1-15(2,9-8-14(17)18)16-10-13(11-16)12-6-4-3-5-7-12/h3-7,13H,8-11H2,1-2H3,(H,17,18). The molecule has 1 aromatic rings. The molecule has 0 bridgehead atoms. The zero-order chi connectivity index (χ0) is 13.2. The summed E-state index contributed by atoms with van der Waals surface area (Å²) < 4.78 is 0. The summed E-state index contributed by atoms with van der Waals surface area (Å²) in [5.41, 5.74) is 1.38. The van der Waals surface area contributed by atoms with Crippen LogP contribution in [0.4, 0.5) is 0 Å². The minimum Gasteiger partial charge on any atom is -0.481 e. The Balaban J connectivity index is 1.86. The van der Waals surface area contributed by atoms with E-state index in [0.717, 1.165) is 13.1 Å². The zero-order valence-electron chi connectivity index (χ0n) is 11.1. The molecule has 1 aliphatic rings. The fraction of sp³-hybridized carbons (Fsp3) is 0.533. The van der Waals surface area contributed by atoms with Gasteiger partial charge in [0, 0.05) is 31.0 Å². The topological polar surface area (TPSA) is 40.5 Å². The summed E-state index contributed by atoms with van der Waals surface area (Å²) >= 11 is 0. The average molecular weight is 247 g/mol. The number of aliphatic carboxylic acids is 1. The molecule has 98 valence electrons. The Morgan fingerprint density at radius 3 is 2.50 bits per heavy atom. The number of carbonyl (C=O) groups is 1. The van der Waals surface area contributed by atoms with E-state index in [1.165, 1.54) is 5.56 Å². The first-order valence-corrected chi connectivity index (χ1v) is 6.51. The Kier molecular flexibility index (Phi) is 3.71. The number of nitrogens with zero attached hydrogens (tertiary/aromatic N) is 1. The Morgan fingerprint density at radius 1 is 1.33 bits per heavy atom. The first kappa shape index (κ1) is 13.1. The number of likely N-dealkylation sites (tertiary alicyclic amines) is 1. The van der Waals surface area contributed by atoms with Crippen LogP contribution >= 0.6 is 0 Å². The normalized spacial score (nSPS) is 17.4. The predicted molar refractivity (Wildman–Crippen MR) is 71.7 cm³/mol. The molecule has 0 radical (unpaired) electrons. The Morgan fingerprint density at radius 2 is 1.94 bits per heavy atom. The molecule has 0 amide bonds. The van der Waals surface area contributed by atoms with E-state index in [1.54, 1.807) is 0 Å². The van der Waals surface area contributed by atoms with Crippen molar-refractivity contribution < 1.29 is 9.90 Å². The van der Waals surface area contributed by atoms with E-state index in [-0.39, 0.29) is 12.0 Å². The lowest BCUT2D eigenvalue weighted by molar-refractivity contribution is -0.138. The average Bonchev–Trinajstić information content (AvgIpc) is 2.26. The fourth-order valence-electron chi connectivity index (χ4n) is 2.48. The van der Waals surface area contributed by atoms with Gasteiger partial charge in [-0.3, -0.25) is 9.69 Å². The second-order valence-electron chi connectivity index (χ2n) is 5.72. The summed E-state index contributed by atoms with van der Waals surface area (Å²) in [5, 5.41) is 8.76. The number of benzene rings is 1. The van der Waals surface area contributed by atoms with E-state index in [4.69, 9.17) is 5.11 Å². The van der Waals surface area contributed by atoms with Crippen molar-refractivity contribution in [3.8, 4) is 0 Å². The Bertz CT molecular complexity index is 408. The highest BCUT2D eigenvalue weighted by molar-refractivity contribution is 5.66. The van der Waals surface area contributed by atoms with Crippen LogP contribution in [0, 0.1) is 0 Å². The van der Waals surface area contributed by atoms with E-state index < -0.39 is 5.97 Å². The number of hydrogen-bond acceptors (Lipinski definition) is 2. The minimum absolute atomic E-state index is 0.0102. The molecule has 3 nitrogen and oxygen atoms in total. The second-order valence-corrected chi connectivity index (χ2v) is 5.72. The van der Waals surface area contributed by atoms with E-state index in [1.807, 2.05) is 6.07 Å². The molecule has 3 heteroatoms. The van der Waals surface area contributed by atoms with Gasteiger partial charge in [0.15, 0.2) is 0 Å². The van der Waals surface area contributed by atoms with Gasteiger partial charge in [0.1, 0.15) is 0 Å². The maximum Gasteiger partial charge on any atom is 0.303 e. The third kappa shape index (κ3) is 2.91. The second kappa shape index (κ2) is 5.11. The minimum atomic E-state index is -0.705. The van der Waals surface area contributed by atoms with Crippen LogP contribution in [-0.2, 0) is 4.79 Å². The summed E-state index contributed by atoms with van der Waals surface area (Å²) in [6.07, 6.45) is 0.962. The summed E-state index contributed by atoms with van der Waals surface area (Å²) in [5.74, 6) is -0.0986. The molecule has 2 rings (SSSR count). The molecule has 1 saturated heterocycles. The smallest absolute Gasteiger partial charge is 0.303 e. The van der Waals surface area contributed by atoms with E-state index >= 15 is 0 Å². The van der Waals surface area contributed by atoms with E-state index in [0.29, 0.717) is 12.3 Å². The van der Waals surface area contributed by atoms with Crippen molar-refractivity contribution in [2.24, 2.45) is 0 Å². The summed E-state index contributed by atoms with van der Waals surface area (Å²) in [4.78, 5) is 13.0. The molecule has 0 spiro atoms. The van der Waals surface area contributed by atoms with Crippen molar-refractivity contribution in [2.45, 2.75) is 38.1 Å². The number of rotatable bonds is 5. The molecule has 0 atom stereocenters. The highest BCUT2D eigenvalue weighted by atomic mass is 16.4. The lowest BCUT2D eigenvalue weighted by Crippen LogP contribution is -2.56. The highest BCUT2D eigenvalue weighted by Crippen LogP contribution is 2.34. The molecule has 0 aromatic heterocycles. The first-order valence-electron chi connectivity index (χ1n) is 6.51. The highest BCUT2D eigenvalue weighted by Gasteiger charge is 2.37. The number of carboxylic acid groups (broad SMARTS) is 1. The van der Waals surface area contributed by atoms with Crippen molar-refractivity contribution in [3.05, 3.63) is 35.9 Å². The molecular weight excluding hydrogens is 226 g/mol. The molecule has 0 saturated carbocycles. The van der Waals surface area contributed by atoms with Crippen molar-refractivity contribution >= 4 is 5.97 Å². The monoisotopic (exact) mass is 247 g/mol. The molecule has 1 aromatic carbocycles. The van der Waals surface area contributed by atoms with E-state index in [9.17, 15) is 4.79 Å². The van der Waals surface area contributed by atoms with Gasteiger partial charge in [0.05, 0.1) is 0 Å². The number of carboxylic acids is 1. The van der Waals surface area contributed by atoms with Gasteiger partial charge in [-0.05, 0) is 25.8 Å². The molecule has 0 aliphatic carbocycles. The molecule has 1 fully saturated rings. The molecule has 1 N–H and O–H groups in total. The van der Waals surface area contributed by atoms with Crippen molar-refractivity contribution in [1.82, 2.24) is 4.90 Å². The Labute approximate surface area is 108 Å². The lowest BCUT2D eigenvalue weighted by atomic mass is 9.84. The predicted octanol–water partition coefficient (Wildman–Crippen LogP) is 2.73. The lowest BCUT2D eigenvalue weighted by Gasteiger charge is -2.49. The molecule has 1 heterocycles. The fourth-order valence-corrected chi connectivity index (χ4v) is 2.48. The van der Waals surface area contributed by atoms with Gasteiger partial charge in [0.2, 0.25) is 0 Å². The van der Waals surface area contributed by atoms with Gasteiger partial charge in [0.25, 0.3) is 0 Å². The van der Waals surface area contributed by atoms with Gasteiger partial charge in [-0.2, -0.15) is 0 Å². The van der Waals surface area contributed by atoms with Gasteiger partial charge >= 0.3 is 5.97 Å². The summed E-state index contributed by atoms with van der Waals surface area (Å²) in [6.45, 7) is 6.35. The summed E-state index contributed by atoms with van der Waals surface area (Å²) in [6, 6.07) is 10.5. The number of hydrogen-bond donors (Lipinski definition) is 1. The van der Waals surface area contributed by atoms with Crippen molar-refractivity contribution in [1.29, 1.82) is 0 Å². The first-order chi connectivity index (χ1) is 8.49. The quantitative estimate of drug-likeness (QED) is 0.869. The van der Waals surface area contributed by atoms with Gasteiger partial charge in [-0.25, -0.2) is 0 Å². The van der Waals surface area contributed by atoms with Crippen molar-refractivity contribution in [3.63, 3.8) is 0 Å². The van der Waals surface area contributed by atoms with Crippen LogP contribution < -0.4 is 0 Å². The summed E-state index contributed by atoms with van der Waals surface area (Å²) in [7, 11) is 0. The zero-order valence-corrected chi connectivity index (χ0v) is 11.1. The van der Waals surface area contributed by atoms with Crippen LogP contribution in [0.15, 0.2) is 30.3 Å². The van der Waals surface area contributed by atoms with Crippen LogP contribution in [0.5, 0.6) is 0 Å². The molecular formula is C15H21NO2. The largest absolute Gasteiger partial charge is 0.481 e. The van der Waals surface area contributed by atoms with Gasteiger partial charge < -0.3 is 5.11 Å². The Hall–Kier alpha value is -1.35. The molecule has 1 aliphatic heterocycles. The van der Waals surface area contributed by atoms with Crippen LogP contribution in [0.1, 0.15) is 38.2 Å². The van der Waals surface area contributed by atoms with Gasteiger partial charge in [-0.15, -0.1) is 0 Å². The van der Waals surface area contributed by atoms with Crippen LogP contribution in [0.25, 0.3) is 0 Å². The molecule has 0 unspecified atom stereocenters. The van der Waals surface area contributed by atoms with Crippen LogP contribution in [0.3, 0.4) is 0 Å². The van der Waals surface area contributed by atoms with Gasteiger partial charge in [-0.1, -0.05) is 30.3 Å². The third-order valence-corrected chi connectivity index (χ3v) is 3.96. The SMILES string of the molecule is CC(C)(CCC(=O)O)N1CC(c2ccccc2)C1.